The molecule has 0 radical (unpaired) electrons. The highest BCUT2D eigenvalue weighted by Crippen LogP contribution is 2.31. The summed E-state index contributed by atoms with van der Waals surface area (Å²) in [7, 11) is 1.77. The van der Waals surface area contributed by atoms with Crippen molar-refractivity contribution in [2.45, 2.75) is 58.3 Å². The number of hydrogen-bond acceptors (Lipinski definition) is 4. The summed E-state index contributed by atoms with van der Waals surface area (Å²) in [5.74, 6) is 1.02. The molecule has 2 heterocycles. The first-order valence-corrected chi connectivity index (χ1v) is 9.29. The molecule has 0 bridgehead atoms. The standard InChI is InChI=1S/C20H27N3O2/c1-14(24)19-11-18-13-22(7-4-8-23(18)21-19)12-17-9-15-5-3-6-16(15)10-20(17)25-2/h9-11,14,24H,3-8,12-13H2,1-2H3/t14-/m0/s1. The molecule has 2 aromatic rings. The highest BCUT2D eigenvalue weighted by Gasteiger charge is 2.21. The largest absolute Gasteiger partial charge is 0.496 e. The smallest absolute Gasteiger partial charge is 0.123 e. The Bertz CT molecular complexity index is 767. The van der Waals surface area contributed by atoms with Gasteiger partial charge in [-0.05, 0) is 55.9 Å². The molecular formula is C20H27N3O2. The summed E-state index contributed by atoms with van der Waals surface area (Å²) in [4.78, 5) is 2.46. The minimum Gasteiger partial charge on any atom is -0.496 e. The van der Waals surface area contributed by atoms with Crippen molar-refractivity contribution in [1.29, 1.82) is 0 Å². The quantitative estimate of drug-likeness (QED) is 0.929. The van der Waals surface area contributed by atoms with Gasteiger partial charge in [0.1, 0.15) is 5.75 Å². The molecule has 0 amide bonds. The fraction of sp³-hybridized carbons (Fsp3) is 0.550. The minimum absolute atomic E-state index is 0.510. The monoisotopic (exact) mass is 341 g/mol. The molecule has 1 aliphatic heterocycles. The van der Waals surface area contributed by atoms with E-state index in [1.165, 1.54) is 41.6 Å². The predicted octanol–water partition coefficient (Wildman–Crippen LogP) is 2.84. The van der Waals surface area contributed by atoms with Crippen LogP contribution in [0.25, 0.3) is 0 Å². The van der Waals surface area contributed by atoms with Gasteiger partial charge >= 0.3 is 0 Å². The molecule has 5 heteroatoms. The van der Waals surface area contributed by atoms with Gasteiger partial charge in [0.2, 0.25) is 0 Å². The number of aromatic nitrogens is 2. The van der Waals surface area contributed by atoms with Crippen molar-refractivity contribution < 1.29 is 9.84 Å². The van der Waals surface area contributed by atoms with Crippen LogP contribution in [0.3, 0.4) is 0 Å². The van der Waals surface area contributed by atoms with E-state index in [0.717, 1.165) is 44.0 Å². The van der Waals surface area contributed by atoms with E-state index in [1.54, 1.807) is 14.0 Å². The van der Waals surface area contributed by atoms with Crippen LogP contribution in [0.2, 0.25) is 0 Å². The van der Waals surface area contributed by atoms with Crippen molar-refractivity contribution in [1.82, 2.24) is 14.7 Å². The molecule has 1 aromatic carbocycles. The van der Waals surface area contributed by atoms with Gasteiger partial charge in [-0.3, -0.25) is 9.58 Å². The van der Waals surface area contributed by atoms with E-state index in [1.807, 2.05) is 6.07 Å². The van der Waals surface area contributed by atoms with Gasteiger partial charge in [0.25, 0.3) is 0 Å². The van der Waals surface area contributed by atoms with E-state index < -0.39 is 6.10 Å². The number of aryl methyl sites for hydroxylation is 3. The Balaban J connectivity index is 1.56. The number of methoxy groups -OCH3 is 1. The fourth-order valence-corrected chi connectivity index (χ4v) is 4.10. The van der Waals surface area contributed by atoms with Gasteiger partial charge in [0.15, 0.2) is 0 Å². The summed E-state index contributed by atoms with van der Waals surface area (Å²) in [6.45, 7) is 5.49. The molecule has 2 aliphatic rings. The lowest BCUT2D eigenvalue weighted by Gasteiger charge is -2.21. The molecule has 0 fully saturated rings. The highest BCUT2D eigenvalue weighted by molar-refractivity contribution is 5.44. The second-order valence-electron chi connectivity index (χ2n) is 7.31. The van der Waals surface area contributed by atoms with Crippen LogP contribution in [-0.2, 0) is 32.5 Å². The summed E-state index contributed by atoms with van der Waals surface area (Å²) >= 11 is 0. The molecule has 4 rings (SSSR count). The number of hydrogen-bond donors (Lipinski definition) is 1. The van der Waals surface area contributed by atoms with E-state index >= 15 is 0 Å². The van der Waals surface area contributed by atoms with Crippen molar-refractivity contribution in [2.24, 2.45) is 0 Å². The fourth-order valence-electron chi connectivity index (χ4n) is 4.10. The van der Waals surface area contributed by atoms with Crippen LogP contribution in [0.5, 0.6) is 5.75 Å². The van der Waals surface area contributed by atoms with Crippen LogP contribution in [0.1, 0.15) is 53.9 Å². The van der Waals surface area contributed by atoms with Gasteiger partial charge in [-0.2, -0.15) is 5.10 Å². The van der Waals surface area contributed by atoms with Crippen LogP contribution in [0, 0.1) is 0 Å². The molecule has 5 nitrogen and oxygen atoms in total. The number of aliphatic hydroxyl groups is 1. The molecular weight excluding hydrogens is 314 g/mol. The lowest BCUT2D eigenvalue weighted by Crippen LogP contribution is -2.23. The number of rotatable bonds is 4. The second-order valence-corrected chi connectivity index (χ2v) is 7.31. The van der Waals surface area contributed by atoms with Gasteiger partial charge in [-0.15, -0.1) is 0 Å². The SMILES string of the molecule is COc1cc2c(cc1CN1CCCn3nc([C@H](C)O)cc3C1)CCC2. The van der Waals surface area contributed by atoms with Crippen molar-refractivity contribution in [2.75, 3.05) is 13.7 Å². The second kappa shape index (κ2) is 6.81. The third-order valence-corrected chi connectivity index (χ3v) is 5.43. The number of ether oxygens (including phenoxy) is 1. The number of benzene rings is 1. The average molecular weight is 341 g/mol. The zero-order valence-electron chi connectivity index (χ0n) is 15.2. The molecule has 0 unspecified atom stereocenters. The Morgan fingerprint density at radius 1 is 1.16 bits per heavy atom. The maximum Gasteiger partial charge on any atom is 0.123 e. The van der Waals surface area contributed by atoms with Crippen molar-refractivity contribution >= 4 is 0 Å². The molecule has 0 saturated heterocycles. The van der Waals surface area contributed by atoms with Crippen LogP contribution in [0.4, 0.5) is 0 Å². The average Bonchev–Trinajstić information content (AvgIpc) is 3.16. The molecule has 1 aromatic heterocycles. The van der Waals surface area contributed by atoms with E-state index in [0.29, 0.717) is 0 Å². The van der Waals surface area contributed by atoms with Crippen molar-refractivity contribution in [3.05, 3.63) is 46.3 Å². The normalized spacial score (nSPS) is 18.5. The van der Waals surface area contributed by atoms with Gasteiger partial charge < -0.3 is 9.84 Å². The molecule has 0 spiro atoms. The van der Waals surface area contributed by atoms with Crippen LogP contribution in [-0.4, -0.2) is 33.4 Å². The van der Waals surface area contributed by atoms with Crippen LogP contribution < -0.4 is 4.74 Å². The Morgan fingerprint density at radius 2 is 1.96 bits per heavy atom. The van der Waals surface area contributed by atoms with Gasteiger partial charge in [0.05, 0.1) is 24.6 Å². The Kier molecular flexibility index (Phi) is 4.52. The third kappa shape index (κ3) is 3.31. The summed E-state index contributed by atoms with van der Waals surface area (Å²) in [6, 6.07) is 6.64. The summed E-state index contributed by atoms with van der Waals surface area (Å²) in [6.07, 6.45) is 4.19. The molecule has 1 N–H and O–H groups in total. The Morgan fingerprint density at radius 3 is 2.72 bits per heavy atom. The predicted molar refractivity (Wildman–Crippen MR) is 96.6 cm³/mol. The maximum absolute atomic E-state index is 9.80. The summed E-state index contributed by atoms with van der Waals surface area (Å²) in [5, 5.41) is 14.3. The topological polar surface area (TPSA) is 50.5 Å². The minimum atomic E-state index is -0.510. The van der Waals surface area contributed by atoms with Crippen molar-refractivity contribution in [3.8, 4) is 5.75 Å². The van der Waals surface area contributed by atoms with Gasteiger partial charge in [-0.1, -0.05) is 6.07 Å². The summed E-state index contributed by atoms with van der Waals surface area (Å²) in [5.41, 5.74) is 6.19. The first-order chi connectivity index (χ1) is 12.1. The number of aliphatic hydroxyl groups excluding tert-OH is 1. The zero-order valence-corrected chi connectivity index (χ0v) is 15.2. The lowest BCUT2D eigenvalue weighted by atomic mass is 10.0. The number of fused-ring (bicyclic) bond motifs is 2. The van der Waals surface area contributed by atoms with E-state index in [-0.39, 0.29) is 0 Å². The molecule has 1 atom stereocenters. The molecule has 1 aliphatic carbocycles. The molecule has 0 saturated carbocycles. The van der Waals surface area contributed by atoms with Gasteiger partial charge in [-0.25, -0.2) is 0 Å². The van der Waals surface area contributed by atoms with Gasteiger partial charge in [0, 0.05) is 31.7 Å². The zero-order chi connectivity index (χ0) is 17.4. The van der Waals surface area contributed by atoms with E-state index in [4.69, 9.17) is 4.74 Å². The lowest BCUT2D eigenvalue weighted by molar-refractivity contribution is 0.193. The first-order valence-electron chi connectivity index (χ1n) is 9.29. The van der Waals surface area contributed by atoms with Crippen molar-refractivity contribution in [3.63, 3.8) is 0 Å². The molecule has 25 heavy (non-hydrogen) atoms. The number of nitrogens with zero attached hydrogens (tertiary/aromatic N) is 3. The highest BCUT2D eigenvalue weighted by atomic mass is 16.5. The Hall–Kier alpha value is -1.85. The molecule has 134 valence electrons. The van der Waals surface area contributed by atoms with E-state index in [2.05, 4.69) is 26.8 Å². The Labute approximate surface area is 149 Å². The van der Waals surface area contributed by atoms with E-state index in [9.17, 15) is 5.11 Å². The van der Waals surface area contributed by atoms with Crippen LogP contribution in [0.15, 0.2) is 18.2 Å². The van der Waals surface area contributed by atoms with Crippen LogP contribution >= 0.6 is 0 Å². The summed E-state index contributed by atoms with van der Waals surface area (Å²) < 4.78 is 7.73. The maximum atomic E-state index is 9.80. The third-order valence-electron chi connectivity index (χ3n) is 5.43. The first kappa shape index (κ1) is 16.6.